The van der Waals surface area contributed by atoms with E-state index in [4.69, 9.17) is 4.74 Å². The van der Waals surface area contributed by atoms with Gasteiger partial charge in [-0.2, -0.15) is 0 Å². The minimum atomic E-state index is -0.225. The molecule has 2 N–H and O–H groups in total. The Kier molecular flexibility index (Phi) is 5.84. The van der Waals surface area contributed by atoms with Crippen LogP contribution >= 0.6 is 0 Å². The summed E-state index contributed by atoms with van der Waals surface area (Å²) in [6.45, 7) is 0. The molecule has 0 unspecified atom stereocenters. The van der Waals surface area contributed by atoms with E-state index in [0.717, 1.165) is 25.0 Å². The van der Waals surface area contributed by atoms with Gasteiger partial charge in [-0.05, 0) is 74.2 Å². The van der Waals surface area contributed by atoms with Crippen molar-refractivity contribution in [1.82, 2.24) is 0 Å². The molecular weight excluding hydrogens is 380 g/mol. The van der Waals surface area contributed by atoms with Crippen LogP contribution in [-0.4, -0.2) is 24.7 Å². The summed E-state index contributed by atoms with van der Waals surface area (Å²) in [6.07, 6.45) is 4.23. The maximum absolute atomic E-state index is 12.7. The second kappa shape index (κ2) is 8.69. The Balaban J connectivity index is 1.34. The van der Waals surface area contributed by atoms with Gasteiger partial charge in [-0.3, -0.25) is 14.4 Å². The molecule has 2 aliphatic rings. The quantitative estimate of drug-likeness (QED) is 0.776. The van der Waals surface area contributed by atoms with Gasteiger partial charge in [-0.15, -0.1) is 0 Å². The molecule has 0 heterocycles. The van der Waals surface area contributed by atoms with Crippen LogP contribution in [0.15, 0.2) is 48.5 Å². The van der Waals surface area contributed by atoms with Gasteiger partial charge in [-0.25, -0.2) is 0 Å². The van der Waals surface area contributed by atoms with E-state index >= 15 is 0 Å². The first kappa shape index (κ1) is 20.1. The lowest BCUT2D eigenvalue weighted by atomic mass is 9.67. The molecule has 2 saturated carbocycles. The van der Waals surface area contributed by atoms with Gasteiger partial charge in [0.1, 0.15) is 11.5 Å². The number of nitrogens with one attached hydrogen (secondary N) is 2. The van der Waals surface area contributed by atoms with Crippen LogP contribution in [0.1, 0.15) is 42.5 Å². The Morgan fingerprint density at radius 3 is 2.03 bits per heavy atom. The molecule has 156 valence electrons. The number of anilines is 2. The highest BCUT2D eigenvalue weighted by Gasteiger charge is 2.41. The number of carbonyl (C=O) groups is 3. The molecule has 0 aromatic heterocycles. The number of carbonyl (C=O) groups excluding carboxylic acids is 3. The number of hydrogen-bond acceptors (Lipinski definition) is 4. The minimum Gasteiger partial charge on any atom is -0.497 e. The highest BCUT2D eigenvalue weighted by Crippen LogP contribution is 2.40. The highest BCUT2D eigenvalue weighted by molar-refractivity contribution is 6.04. The summed E-state index contributed by atoms with van der Waals surface area (Å²) >= 11 is 0. The Morgan fingerprint density at radius 1 is 0.867 bits per heavy atom. The minimum absolute atomic E-state index is 0.0326. The third-order valence-electron chi connectivity index (χ3n) is 6.18. The van der Waals surface area contributed by atoms with E-state index in [-0.39, 0.29) is 29.6 Å². The van der Waals surface area contributed by atoms with Crippen molar-refractivity contribution in [3.05, 3.63) is 54.1 Å². The van der Waals surface area contributed by atoms with E-state index in [1.807, 2.05) is 0 Å². The molecule has 2 atom stereocenters. The molecule has 2 amide bonds. The first-order valence-electron chi connectivity index (χ1n) is 10.4. The highest BCUT2D eigenvalue weighted by atomic mass is 16.5. The van der Waals surface area contributed by atoms with E-state index in [0.29, 0.717) is 35.6 Å². The number of amides is 2. The van der Waals surface area contributed by atoms with Crippen molar-refractivity contribution in [1.29, 1.82) is 0 Å². The second-order valence-corrected chi connectivity index (χ2v) is 8.14. The van der Waals surface area contributed by atoms with Gasteiger partial charge in [0.25, 0.3) is 5.91 Å². The van der Waals surface area contributed by atoms with Crippen LogP contribution in [0.4, 0.5) is 11.4 Å². The molecule has 2 aromatic rings. The summed E-state index contributed by atoms with van der Waals surface area (Å²) in [6, 6.07) is 13.9. The maximum Gasteiger partial charge on any atom is 0.255 e. The molecule has 30 heavy (non-hydrogen) atoms. The molecule has 0 radical (unpaired) electrons. The molecule has 2 aliphatic carbocycles. The molecular formula is C24H26N2O4. The van der Waals surface area contributed by atoms with Crippen molar-refractivity contribution in [2.24, 2.45) is 17.8 Å². The number of rotatable bonds is 5. The number of Topliss-reactive ketones (excluding diaryl/α,β-unsaturated/α-hetero) is 1. The van der Waals surface area contributed by atoms with E-state index in [9.17, 15) is 14.4 Å². The van der Waals surface area contributed by atoms with Gasteiger partial charge >= 0.3 is 0 Å². The lowest BCUT2D eigenvalue weighted by Gasteiger charge is -2.36. The fourth-order valence-electron chi connectivity index (χ4n) is 4.52. The molecule has 6 nitrogen and oxygen atoms in total. The Morgan fingerprint density at radius 2 is 1.43 bits per heavy atom. The van der Waals surface area contributed by atoms with Crippen LogP contribution in [-0.2, 0) is 9.59 Å². The Bertz CT molecular complexity index is 921. The molecule has 2 fully saturated rings. The van der Waals surface area contributed by atoms with Gasteiger partial charge in [0.15, 0.2) is 0 Å². The molecule has 0 spiro atoms. The van der Waals surface area contributed by atoms with Gasteiger partial charge in [0.2, 0.25) is 5.91 Å². The number of ether oxygens (including phenoxy) is 1. The van der Waals surface area contributed by atoms with Crippen molar-refractivity contribution in [3.63, 3.8) is 0 Å². The van der Waals surface area contributed by atoms with Gasteiger partial charge in [0, 0.05) is 34.7 Å². The summed E-state index contributed by atoms with van der Waals surface area (Å²) < 4.78 is 5.11. The van der Waals surface area contributed by atoms with Crippen molar-refractivity contribution in [3.8, 4) is 5.75 Å². The van der Waals surface area contributed by atoms with E-state index in [1.165, 1.54) is 0 Å². The first-order chi connectivity index (χ1) is 14.5. The summed E-state index contributed by atoms with van der Waals surface area (Å²) in [5, 5.41) is 5.78. The number of hydrogen-bond donors (Lipinski definition) is 2. The Hall–Kier alpha value is -3.15. The zero-order valence-electron chi connectivity index (χ0n) is 17.0. The lowest BCUT2D eigenvalue weighted by molar-refractivity contribution is -0.136. The predicted octanol–water partition coefficient (Wildman–Crippen LogP) is 4.28. The molecule has 0 aliphatic heterocycles. The molecule has 0 saturated heterocycles. The van der Waals surface area contributed by atoms with Crippen LogP contribution in [0.3, 0.4) is 0 Å². The summed E-state index contributed by atoms with van der Waals surface area (Å²) in [5.41, 5.74) is 1.83. The molecule has 4 rings (SSSR count). The van der Waals surface area contributed by atoms with Crippen molar-refractivity contribution < 1.29 is 19.1 Å². The Labute approximate surface area is 176 Å². The maximum atomic E-state index is 12.7. The fraction of sp³-hybridized carbons (Fsp3) is 0.375. The van der Waals surface area contributed by atoms with Crippen LogP contribution in [0, 0.1) is 17.8 Å². The van der Waals surface area contributed by atoms with Crippen molar-refractivity contribution in [2.75, 3.05) is 17.7 Å². The monoisotopic (exact) mass is 406 g/mol. The molecule has 2 aromatic carbocycles. The number of benzene rings is 2. The zero-order chi connectivity index (χ0) is 21.1. The van der Waals surface area contributed by atoms with Crippen LogP contribution in [0.5, 0.6) is 5.75 Å². The first-order valence-corrected chi connectivity index (χ1v) is 10.4. The smallest absolute Gasteiger partial charge is 0.255 e. The fourth-order valence-corrected chi connectivity index (χ4v) is 4.52. The van der Waals surface area contributed by atoms with Crippen LogP contribution in [0.25, 0.3) is 0 Å². The number of methoxy groups -OCH3 is 1. The third kappa shape index (κ3) is 4.37. The zero-order valence-corrected chi connectivity index (χ0v) is 17.0. The third-order valence-corrected chi connectivity index (χ3v) is 6.18. The average Bonchev–Trinajstić information content (AvgIpc) is 2.74. The second-order valence-electron chi connectivity index (χ2n) is 8.14. The van der Waals surface area contributed by atoms with E-state index < -0.39 is 0 Å². The largest absolute Gasteiger partial charge is 0.497 e. The topological polar surface area (TPSA) is 84.5 Å². The van der Waals surface area contributed by atoms with Crippen LogP contribution in [0.2, 0.25) is 0 Å². The van der Waals surface area contributed by atoms with Gasteiger partial charge in [-0.1, -0.05) is 6.42 Å². The van der Waals surface area contributed by atoms with Gasteiger partial charge < -0.3 is 15.4 Å². The SMILES string of the molecule is COc1ccc(NC(=O)c2ccc(NC(=O)C3C[C@@H]4CCC[C@@H](C3)C4=O)cc2)cc1. The van der Waals surface area contributed by atoms with Crippen molar-refractivity contribution in [2.45, 2.75) is 32.1 Å². The van der Waals surface area contributed by atoms with Crippen molar-refractivity contribution >= 4 is 29.0 Å². The predicted molar refractivity (Wildman–Crippen MR) is 115 cm³/mol. The standard InChI is InChI=1S/C24H26N2O4/c1-30-21-11-9-20(10-12-21)25-23(28)15-5-7-19(8-6-15)26-24(29)18-13-16-3-2-4-17(14-18)22(16)27/h5-12,16-18H,2-4,13-14H2,1H3,(H,25,28)(H,26,29)/t16-,17-/m0/s1. The number of ketones is 1. The van der Waals surface area contributed by atoms with Crippen LogP contribution < -0.4 is 15.4 Å². The summed E-state index contributed by atoms with van der Waals surface area (Å²) in [4.78, 5) is 37.4. The lowest BCUT2D eigenvalue weighted by Crippen LogP contribution is -2.40. The number of fused-ring (bicyclic) bond motifs is 2. The van der Waals surface area contributed by atoms with E-state index in [1.54, 1.807) is 55.6 Å². The van der Waals surface area contributed by atoms with Gasteiger partial charge in [0.05, 0.1) is 7.11 Å². The average molecular weight is 406 g/mol. The van der Waals surface area contributed by atoms with E-state index in [2.05, 4.69) is 10.6 Å². The molecule has 6 heteroatoms. The summed E-state index contributed by atoms with van der Waals surface area (Å²) in [7, 11) is 1.59. The normalized spacial score (nSPS) is 22.8. The molecule has 2 bridgehead atoms. The summed E-state index contributed by atoms with van der Waals surface area (Å²) in [5.74, 6) is 0.814.